The average molecular weight is 372 g/mol. The van der Waals surface area contributed by atoms with Crippen molar-refractivity contribution in [3.05, 3.63) is 125 Å². The summed E-state index contributed by atoms with van der Waals surface area (Å²) in [5.41, 5.74) is 0. The van der Waals surface area contributed by atoms with Crippen molar-refractivity contribution in [1.82, 2.24) is 0 Å². The summed E-state index contributed by atoms with van der Waals surface area (Å²) < 4.78 is 0. The van der Waals surface area contributed by atoms with E-state index in [9.17, 15) is 0 Å². The Kier molecular flexibility index (Phi) is 13.1. The summed E-state index contributed by atoms with van der Waals surface area (Å²) in [7, 11) is 0.777. The molecule has 0 spiro atoms. The third kappa shape index (κ3) is 10.3. The first kappa shape index (κ1) is 21.4. The first-order valence-electron chi connectivity index (χ1n) is 7.65. The second kappa shape index (κ2) is 14.7. The van der Waals surface area contributed by atoms with Crippen molar-refractivity contribution in [2.45, 2.75) is 0 Å². The van der Waals surface area contributed by atoms with E-state index in [0.29, 0.717) is 0 Å². The van der Waals surface area contributed by atoms with E-state index < -0.39 is 0 Å². The topological polar surface area (TPSA) is 0 Å². The molecule has 0 bridgehead atoms. The molecule has 2 aliphatic rings. The number of benzene rings is 2. The van der Waals surface area contributed by atoms with Gasteiger partial charge in [-0.25, -0.2) is 0 Å². The van der Waals surface area contributed by atoms with Gasteiger partial charge < -0.3 is 0 Å². The van der Waals surface area contributed by atoms with Crippen LogP contribution in [0.4, 0.5) is 0 Å². The fourth-order valence-corrected chi connectivity index (χ4v) is 2.90. The van der Waals surface area contributed by atoms with E-state index in [2.05, 4.69) is 60.7 Å². The molecule has 4 rings (SSSR count). The van der Waals surface area contributed by atoms with Crippen LogP contribution in [-0.2, 0) is 17.1 Å². The van der Waals surface area contributed by atoms with Crippen molar-refractivity contribution >= 4 is 19.2 Å². The van der Waals surface area contributed by atoms with Crippen LogP contribution < -0.4 is 10.6 Å². The summed E-state index contributed by atoms with van der Waals surface area (Å²) in [4.78, 5) is 0. The van der Waals surface area contributed by atoms with Gasteiger partial charge in [0, 0.05) is 0 Å². The van der Waals surface area contributed by atoms with Crippen molar-refractivity contribution in [3.8, 4) is 0 Å². The summed E-state index contributed by atoms with van der Waals surface area (Å²) in [6, 6.07) is 21.2. The molecule has 2 aliphatic carbocycles. The molecular formula is C22H21FeP+2. The van der Waals surface area contributed by atoms with Crippen LogP contribution in [0.15, 0.2) is 60.7 Å². The Bertz CT molecular complexity index is 427. The first-order valence-corrected chi connectivity index (χ1v) is 8.65. The van der Waals surface area contributed by atoms with Crippen LogP contribution >= 0.6 is 8.58 Å². The molecule has 0 aliphatic heterocycles. The van der Waals surface area contributed by atoms with Gasteiger partial charge in [-0.2, -0.15) is 0 Å². The minimum atomic E-state index is 0. The maximum atomic E-state index is 2.17. The monoisotopic (exact) mass is 372 g/mol. The molecule has 0 unspecified atom stereocenters. The van der Waals surface area contributed by atoms with Crippen LogP contribution in [0.25, 0.3) is 0 Å². The average Bonchev–Trinajstić information content (AvgIpc) is 3.35. The first-order chi connectivity index (χ1) is 11.4. The predicted molar refractivity (Wildman–Crippen MR) is 103 cm³/mol. The normalized spacial score (nSPS) is 15.3. The second-order valence-electron chi connectivity index (χ2n) is 4.78. The number of hydrogen-bond acceptors (Lipinski definition) is 0. The third-order valence-corrected chi connectivity index (χ3v) is 4.19. The summed E-state index contributed by atoms with van der Waals surface area (Å²) in [6.07, 6.45) is 20.0. The molecule has 2 heteroatoms. The van der Waals surface area contributed by atoms with E-state index >= 15 is 0 Å². The number of hydrogen-bond donors (Lipinski definition) is 0. The van der Waals surface area contributed by atoms with Gasteiger partial charge in [0.1, 0.15) is 0 Å². The molecule has 0 nitrogen and oxygen atoms in total. The van der Waals surface area contributed by atoms with Gasteiger partial charge in [0.15, 0.2) is 0 Å². The maximum absolute atomic E-state index is 2.17. The quantitative estimate of drug-likeness (QED) is 0.543. The van der Waals surface area contributed by atoms with Gasteiger partial charge in [0.05, 0.1) is 0 Å². The van der Waals surface area contributed by atoms with Gasteiger partial charge in [-0.1, -0.05) is 69.2 Å². The van der Waals surface area contributed by atoms with E-state index in [4.69, 9.17) is 0 Å². The van der Waals surface area contributed by atoms with Gasteiger partial charge in [-0.05, 0) is 74.8 Å². The molecule has 2 aromatic rings. The standard InChI is InChI=1S/C12H11P.2C5H5.Fe/c1-3-7-11(8-4-1)13-12-9-5-2-6-10-12;2*1-2-4-5-3-1;/h1-10,13H;2*1-5H;/q;;;+2. The zero-order valence-electron chi connectivity index (χ0n) is 13.4. The molecule has 0 N–H and O–H groups in total. The molecule has 2 aromatic carbocycles. The van der Waals surface area contributed by atoms with Crippen LogP contribution in [0.1, 0.15) is 0 Å². The van der Waals surface area contributed by atoms with E-state index in [1.807, 2.05) is 64.2 Å². The Morgan fingerprint density at radius 3 is 0.875 bits per heavy atom. The van der Waals surface area contributed by atoms with Gasteiger partial charge >= 0.3 is 17.1 Å². The Balaban J connectivity index is 0.000000216. The molecule has 24 heavy (non-hydrogen) atoms. The Morgan fingerprint density at radius 2 is 0.625 bits per heavy atom. The second-order valence-corrected chi connectivity index (χ2v) is 6.19. The van der Waals surface area contributed by atoms with Crippen LogP contribution in [0.2, 0.25) is 0 Å². The molecule has 0 atom stereocenters. The van der Waals surface area contributed by atoms with Crippen LogP contribution in [-0.4, -0.2) is 0 Å². The van der Waals surface area contributed by atoms with Gasteiger partial charge in [-0.15, -0.1) is 0 Å². The molecule has 0 amide bonds. The van der Waals surface area contributed by atoms with Crippen molar-refractivity contribution in [2.24, 2.45) is 0 Å². The zero-order chi connectivity index (χ0) is 16.0. The molecule has 10 radical (unpaired) electrons. The Labute approximate surface area is 161 Å². The van der Waals surface area contributed by atoms with Gasteiger partial charge in [0.2, 0.25) is 0 Å². The summed E-state index contributed by atoms with van der Waals surface area (Å²) in [5, 5.41) is 2.79. The van der Waals surface area contributed by atoms with Gasteiger partial charge in [-0.3, -0.25) is 0 Å². The predicted octanol–water partition coefficient (Wildman–Crippen LogP) is 4.36. The zero-order valence-corrected chi connectivity index (χ0v) is 15.5. The SMILES string of the molecule is [CH]1[CH][CH][CH][CH]1.[CH]1[CH][CH][CH][CH]1.[Fe+2].c1ccc(Pc2ccccc2)cc1. The van der Waals surface area contributed by atoms with Crippen molar-refractivity contribution < 1.29 is 17.1 Å². The molecule has 2 fully saturated rings. The third-order valence-electron chi connectivity index (χ3n) is 2.95. The smallest absolute Gasteiger partial charge is 0.0622 e. The van der Waals surface area contributed by atoms with Crippen molar-refractivity contribution in [3.63, 3.8) is 0 Å². The van der Waals surface area contributed by atoms with E-state index in [1.54, 1.807) is 0 Å². The summed E-state index contributed by atoms with van der Waals surface area (Å²) in [6.45, 7) is 0. The van der Waals surface area contributed by atoms with Crippen LogP contribution in [0, 0.1) is 64.2 Å². The molecular weight excluding hydrogens is 351 g/mol. The minimum absolute atomic E-state index is 0. The van der Waals surface area contributed by atoms with E-state index in [1.165, 1.54) is 10.6 Å². The number of rotatable bonds is 2. The molecule has 0 aromatic heterocycles. The molecule has 120 valence electrons. The Hall–Kier alpha value is -0.611. The van der Waals surface area contributed by atoms with E-state index in [-0.39, 0.29) is 17.1 Å². The minimum Gasteiger partial charge on any atom is -0.0622 e. The Morgan fingerprint density at radius 1 is 0.375 bits per heavy atom. The fourth-order valence-electron chi connectivity index (χ4n) is 1.85. The van der Waals surface area contributed by atoms with Crippen molar-refractivity contribution in [1.29, 1.82) is 0 Å². The summed E-state index contributed by atoms with van der Waals surface area (Å²) >= 11 is 0. The van der Waals surface area contributed by atoms with E-state index in [0.717, 1.165) is 8.58 Å². The molecule has 0 heterocycles. The summed E-state index contributed by atoms with van der Waals surface area (Å²) in [5.74, 6) is 0. The molecule has 2 saturated carbocycles. The molecule has 0 saturated heterocycles. The maximum Gasteiger partial charge on any atom is 2.00 e. The fraction of sp³-hybridized carbons (Fsp3) is 0. The largest absolute Gasteiger partial charge is 2.00 e. The van der Waals surface area contributed by atoms with Crippen molar-refractivity contribution in [2.75, 3.05) is 0 Å². The van der Waals surface area contributed by atoms with Crippen LogP contribution in [0.3, 0.4) is 0 Å². The van der Waals surface area contributed by atoms with Crippen LogP contribution in [0.5, 0.6) is 0 Å². The van der Waals surface area contributed by atoms with Gasteiger partial charge in [0.25, 0.3) is 0 Å².